The van der Waals surface area contributed by atoms with Gasteiger partial charge < -0.3 is 16.4 Å². The van der Waals surface area contributed by atoms with E-state index < -0.39 is 5.91 Å². The Hall–Kier alpha value is -3.66. The number of carbonyl (C=O) groups excluding carboxylic acids is 3. The van der Waals surface area contributed by atoms with Crippen molar-refractivity contribution in [2.75, 3.05) is 5.32 Å². The average Bonchev–Trinajstić information content (AvgIpc) is 2.66. The molecule has 0 spiro atoms. The van der Waals surface area contributed by atoms with Gasteiger partial charge >= 0.3 is 0 Å². The van der Waals surface area contributed by atoms with Crippen molar-refractivity contribution in [1.29, 1.82) is 5.26 Å². The van der Waals surface area contributed by atoms with Crippen LogP contribution in [0.4, 0.5) is 5.69 Å². The van der Waals surface area contributed by atoms with Crippen LogP contribution < -0.4 is 16.4 Å². The Labute approximate surface area is 163 Å². The lowest BCUT2D eigenvalue weighted by atomic mass is 10.1. The zero-order valence-electron chi connectivity index (χ0n) is 15.6. The van der Waals surface area contributed by atoms with Crippen molar-refractivity contribution in [3.63, 3.8) is 0 Å². The van der Waals surface area contributed by atoms with E-state index in [1.807, 2.05) is 12.1 Å². The van der Waals surface area contributed by atoms with Gasteiger partial charge in [0.2, 0.25) is 11.8 Å². The highest BCUT2D eigenvalue weighted by atomic mass is 16.2. The summed E-state index contributed by atoms with van der Waals surface area (Å²) in [5, 5.41) is 14.3. The number of amides is 3. The lowest BCUT2D eigenvalue weighted by Gasteiger charge is -2.12. The maximum atomic E-state index is 12.1. The van der Waals surface area contributed by atoms with Crippen LogP contribution in [0, 0.1) is 11.3 Å². The minimum absolute atomic E-state index is 0.0686. The number of benzene rings is 2. The Kier molecular flexibility index (Phi) is 7.28. The van der Waals surface area contributed by atoms with E-state index in [4.69, 9.17) is 11.0 Å². The van der Waals surface area contributed by atoms with Crippen LogP contribution in [0.15, 0.2) is 48.5 Å². The molecular formula is C21H22N4O3. The highest BCUT2D eigenvalue weighted by Gasteiger charge is 2.12. The molecule has 0 saturated carbocycles. The number of aryl methyl sites for hydroxylation is 1. The fraction of sp³-hybridized carbons (Fsp3) is 0.238. The molecule has 0 aliphatic heterocycles. The summed E-state index contributed by atoms with van der Waals surface area (Å²) >= 11 is 0. The van der Waals surface area contributed by atoms with Crippen LogP contribution in [0.25, 0.3) is 0 Å². The first-order chi connectivity index (χ1) is 13.4. The Morgan fingerprint density at radius 2 is 1.71 bits per heavy atom. The van der Waals surface area contributed by atoms with Gasteiger partial charge in [0, 0.05) is 30.1 Å². The number of nitrogens with one attached hydrogen (secondary N) is 2. The maximum Gasteiger partial charge on any atom is 0.251 e. The van der Waals surface area contributed by atoms with Gasteiger partial charge in [-0.1, -0.05) is 12.1 Å². The Bertz CT molecular complexity index is 883. The van der Waals surface area contributed by atoms with Crippen LogP contribution in [0.2, 0.25) is 0 Å². The number of hydrogen-bond donors (Lipinski definition) is 3. The second kappa shape index (κ2) is 9.88. The molecule has 0 saturated heterocycles. The first kappa shape index (κ1) is 20.6. The summed E-state index contributed by atoms with van der Waals surface area (Å²) in [5.74, 6) is -0.934. The van der Waals surface area contributed by atoms with E-state index >= 15 is 0 Å². The fourth-order valence-corrected chi connectivity index (χ4v) is 2.59. The fourth-order valence-electron chi connectivity index (χ4n) is 2.59. The van der Waals surface area contributed by atoms with Gasteiger partial charge in [0.1, 0.15) is 0 Å². The highest BCUT2D eigenvalue weighted by Crippen LogP contribution is 2.12. The molecule has 0 fully saturated rings. The third kappa shape index (κ3) is 6.57. The lowest BCUT2D eigenvalue weighted by molar-refractivity contribution is -0.118. The number of hydrogen-bond acceptors (Lipinski definition) is 4. The summed E-state index contributed by atoms with van der Waals surface area (Å²) in [5.41, 5.74) is 7.68. The van der Waals surface area contributed by atoms with Gasteiger partial charge in [0.25, 0.3) is 5.91 Å². The molecule has 1 atom stereocenters. The molecule has 7 nitrogen and oxygen atoms in total. The summed E-state index contributed by atoms with van der Waals surface area (Å²) in [6, 6.07) is 15.3. The summed E-state index contributed by atoms with van der Waals surface area (Å²) in [7, 11) is 0. The number of anilines is 1. The molecule has 7 heteroatoms. The number of carbonyl (C=O) groups is 3. The smallest absolute Gasteiger partial charge is 0.251 e. The summed E-state index contributed by atoms with van der Waals surface area (Å²) in [6.07, 6.45) is 0.938. The van der Waals surface area contributed by atoms with E-state index in [1.54, 1.807) is 43.3 Å². The normalized spacial score (nSPS) is 11.1. The minimum atomic E-state index is -0.480. The molecule has 0 radical (unpaired) electrons. The van der Waals surface area contributed by atoms with Crippen molar-refractivity contribution < 1.29 is 14.4 Å². The Morgan fingerprint density at radius 3 is 2.29 bits per heavy atom. The van der Waals surface area contributed by atoms with E-state index in [9.17, 15) is 14.4 Å². The molecule has 2 aromatic carbocycles. The van der Waals surface area contributed by atoms with Crippen molar-refractivity contribution in [2.24, 2.45) is 5.73 Å². The quantitative estimate of drug-likeness (QED) is 0.650. The van der Waals surface area contributed by atoms with Gasteiger partial charge in [-0.3, -0.25) is 14.4 Å². The molecule has 2 aromatic rings. The van der Waals surface area contributed by atoms with E-state index in [1.165, 1.54) is 0 Å². The van der Waals surface area contributed by atoms with Gasteiger partial charge in [-0.05, 0) is 55.3 Å². The van der Waals surface area contributed by atoms with Gasteiger partial charge in [0.05, 0.1) is 11.6 Å². The molecule has 3 amide bonds. The predicted octanol–water partition coefficient (Wildman–Crippen LogP) is 2.12. The number of nitrogens with two attached hydrogens (primary N) is 1. The topological polar surface area (TPSA) is 125 Å². The van der Waals surface area contributed by atoms with Crippen LogP contribution >= 0.6 is 0 Å². The van der Waals surface area contributed by atoms with Gasteiger partial charge in [-0.25, -0.2) is 0 Å². The van der Waals surface area contributed by atoms with Gasteiger partial charge in [0.15, 0.2) is 0 Å². The van der Waals surface area contributed by atoms with Crippen molar-refractivity contribution in [1.82, 2.24) is 5.32 Å². The van der Waals surface area contributed by atoms with Crippen molar-refractivity contribution in [3.05, 3.63) is 65.2 Å². The number of nitriles is 1. The second-order valence-corrected chi connectivity index (χ2v) is 6.48. The standard InChI is InChI=1S/C21H22N4O3/c1-14(12-19(23)26)24-21(28)17-7-9-18(10-8-17)25-20(27)11-6-15-2-4-16(13-22)5-3-15/h2-5,7-10,14H,6,11-12H2,1H3,(H2,23,26)(H,24,28)(H,25,27). The third-order valence-electron chi connectivity index (χ3n) is 4.04. The summed E-state index contributed by atoms with van der Waals surface area (Å²) in [6.45, 7) is 1.70. The molecule has 28 heavy (non-hydrogen) atoms. The molecule has 144 valence electrons. The largest absolute Gasteiger partial charge is 0.370 e. The lowest BCUT2D eigenvalue weighted by Crippen LogP contribution is -2.35. The molecular weight excluding hydrogens is 356 g/mol. The molecule has 0 heterocycles. The first-order valence-electron chi connectivity index (χ1n) is 8.85. The van der Waals surface area contributed by atoms with E-state index in [0.717, 1.165) is 5.56 Å². The summed E-state index contributed by atoms with van der Waals surface area (Å²) < 4.78 is 0. The van der Waals surface area contributed by atoms with Gasteiger partial charge in [-0.2, -0.15) is 5.26 Å². The first-order valence-corrected chi connectivity index (χ1v) is 8.85. The molecule has 2 rings (SSSR count). The Balaban J connectivity index is 1.83. The minimum Gasteiger partial charge on any atom is -0.370 e. The molecule has 1 unspecified atom stereocenters. The second-order valence-electron chi connectivity index (χ2n) is 6.48. The van der Waals surface area contributed by atoms with Crippen LogP contribution in [-0.2, 0) is 16.0 Å². The summed E-state index contributed by atoms with van der Waals surface area (Å²) in [4.78, 5) is 35.1. The molecule has 0 aliphatic rings. The molecule has 0 aromatic heterocycles. The zero-order valence-corrected chi connectivity index (χ0v) is 15.6. The van der Waals surface area contributed by atoms with Crippen molar-refractivity contribution in [2.45, 2.75) is 32.2 Å². The van der Waals surface area contributed by atoms with Gasteiger partial charge in [-0.15, -0.1) is 0 Å². The third-order valence-corrected chi connectivity index (χ3v) is 4.04. The predicted molar refractivity (Wildman–Crippen MR) is 105 cm³/mol. The zero-order chi connectivity index (χ0) is 20.5. The Morgan fingerprint density at radius 1 is 1.07 bits per heavy atom. The van der Waals surface area contributed by atoms with E-state index in [0.29, 0.717) is 29.7 Å². The number of nitrogens with zero attached hydrogens (tertiary/aromatic N) is 1. The van der Waals surface area contributed by atoms with Crippen LogP contribution in [0.1, 0.15) is 41.3 Å². The molecule has 4 N–H and O–H groups in total. The molecule has 0 aliphatic carbocycles. The number of rotatable bonds is 8. The van der Waals surface area contributed by atoms with E-state index in [2.05, 4.69) is 16.7 Å². The van der Waals surface area contributed by atoms with Crippen LogP contribution in [-0.4, -0.2) is 23.8 Å². The van der Waals surface area contributed by atoms with Crippen LogP contribution in [0.5, 0.6) is 0 Å². The SMILES string of the molecule is CC(CC(N)=O)NC(=O)c1ccc(NC(=O)CCc2ccc(C#N)cc2)cc1. The monoisotopic (exact) mass is 378 g/mol. The maximum absolute atomic E-state index is 12.1. The van der Waals surface area contributed by atoms with E-state index in [-0.39, 0.29) is 24.3 Å². The number of primary amides is 1. The molecule has 0 bridgehead atoms. The van der Waals surface area contributed by atoms with Crippen molar-refractivity contribution in [3.8, 4) is 6.07 Å². The highest BCUT2D eigenvalue weighted by molar-refractivity contribution is 5.96. The average molecular weight is 378 g/mol. The van der Waals surface area contributed by atoms with Crippen molar-refractivity contribution >= 4 is 23.4 Å². The van der Waals surface area contributed by atoms with Crippen LogP contribution in [0.3, 0.4) is 0 Å².